The first-order valence-corrected chi connectivity index (χ1v) is 11.4. The van der Waals surface area contributed by atoms with Crippen LogP contribution in [0.3, 0.4) is 0 Å². The van der Waals surface area contributed by atoms with Crippen LogP contribution in [0.5, 0.6) is 0 Å². The van der Waals surface area contributed by atoms with Crippen molar-refractivity contribution < 1.29 is 14.3 Å². The van der Waals surface area contributed by atoms with Crippen LogP contribution >= 0.6 is 11.8 Å². The van der Waals surface area contributed by atoms with Crippen molar-refractivity contribution in [1.29, 1.82) is 0 Å². The number of benzene rings is 2. The van der Waals surface area contributed by atoms with E-state index in [1.54, 1.807) is 31.2 Å². The summed E-state index contributed by atoms with van der Waals surface area (Å²) in [4.78, 5) is 24.3. The maximum atomic E-state index is 12.5. The normalized spacial score (nSPS) is 10.7. The van der Waals surface area contributed by atoms with Crippen LogP contribution in [0.2, 0.25) is 0 Å². The van der Waals surface area contributed by atoms with Crippen molar-refractivity contribution in [3.8, 4) is 0 Å². The summed E-state index contributed by atoms with van der Waals surface area (Å²) < 4.78 is 8.77. The van der Waals surface area contributed by atoms with Gasteiger partial charge in [-0.1, -0.05) is 42.1 Å². The molecular weight excluding hydrogens is 438 g/mol. The second kappa shape index (κ2) is 10.6. The van der Waals surface area contributed by atoms with Crippen LogP contribution in [0.1, 0.15) is 28.7 Å². The molecule has 2 heterocycles. The van der Waals surface area contributed by atoms with Gasteiger partial charge in [-0.3, -0.25) is 9.47 Å². The van der Waals surface area contributed by atoms with E-state index in [1.807, 2.05) is 64.2 Å². The Morgan fingerprint density at radius 2 is 1.70 bits per heavy atom. The minimum atomic E-state index is -0.387. The van der Waals surface area contributed by atoms with Crippen LogP contribution in [-0.4, -0.2) is 43.8 Å². The van der Waals surface area contributed by atoms with Gasteiger partial charge >= 0.3 is 5.97 Å². The molecule has 0 saturated heterocycles. The van der Waals surface area contributed by atoms with Crippen molar-refractivity contribution >= 4 is 29.3 Å². The summed E-state index contributed by atoms with van der Waals surface area (Å²) in [6.07, 6.45) is 4.44. The molecule has 8 nitrogen and oxygen atoms in total. The van der Waals surface area contributed by atoms with Crippen LogP contribution < -0.4 is 5.32 Å². The van der Waals surface area contributed by atoms with Gasteiger partial charge in [-0.25, -0.2) is 9.47 Å². The zero-order valence-corrected chi connectivity index (χ0v) is 18.9. The molecule has 9 heteroatoms. The van der Waals surface area contributed by atoms with E-state index in [0.29, 0.717) is 29.4 Å². The Balaban J connectivity index is 1.42. The number of ether oxygens (including phenoxy) is 1. The van der Waals surface area contributed by atoms with Crippen molar-refractivity contribution in [2.75, 3.05) is 17.7 Å². The number of rotatable bonds is 9. The van der Waals surface area contributed by atoms with E-state index in [2.05, 4.69) is 15.5 Å². The van der Waals surface area contributed by atoms with E-state index < -0.39 is 0 Å². The molecule has 4 aromatic rings. The number of amides is 1. The van der Waals surface area contributed by atoms with Crippen LogP contribution in [0.25, 0.3) is 0 Å². The van der Waals surface area contributed by atoms with Crippen molar-refractivity contribution in [3.63, 3.8) is 0 Å². The summed E-state index contributed by atoms with van der Waals surface area (Å²) in [5.41, 5.74) is 2.17. The van der Waals surface area contributed by atoms with E-state index in [4.69, 9.17) is 4.74 Å². The largest absolute Gasteiger partial charge is 0.462 e. The second-order valence-corrected chi connectivity index (χ2v) is 8.01. The standard InChI is InChI=1S/C24H23N5O3S/c1-2-32-23(31)19-10-12-20(13-11-19)25-22(30)17-33-24-27-26-21(16-18-8-4-3-5-9-18)29(24)28-14-6-7-15-28/h3-15H,2,16-17H2,1H3,(H,25,30). The van der Waals surface area contributed by atoms with Gasteiger partial charge in [0.15, 0.2) is 5.82 Å². The fourth-order valence-electron chi connectivity index (χ4n) is 3.20. The zero-order chi connectivity index (χ0) is 23.0. The van der Waals surface area contributed by atoms with Crippen LogP contribution in [-0.2, 0) is 16.0 Å². The van der Waals surface area contributed by atoms with Gasteiger partial charge in [0, 0.05) is 24.5 Å². The molecule has 2 aromatic heterocycles. The molecular formula is C24H23N5O3S. The highest BCUT2D eigenvalue weighted by atomic mass is 32.2. The third-order valence-corrected chi connectivity index (χ3v) is 5.63. The summed E-state index contributed by atoms with van der Waals surface area (Å²) in [5.74, 6) is 0.358. The molecule has 0 radical (unpaired) electrons. The Kier molecular flexibility index (Phi) is 7.21. The summed E-state index contributed by atoms with van der Waals surface area (Å²) in [6.45, 7) is 2.07. The Hall–Kier alpha value is -3.85. The van der Waals surface area contributed by atoms with Gasteiger partial charge in [0.25, 0.3) is 0 Å². The molecule has 0 fully saturated rings. The van der Waals surface area contributed by atoms with Gasteiger partial charge in [0.1, 0.15) is 0 Å². The lowest BCUT2D eigenvalue weighted by molar-refractivity contribution is -0.113. The van der Waals surface area contributed by atoms with E-state index >= 15 is 0 Å². The lowest BCUT2D eigenvalue weighted by Crippen LogP contribution is -2.16. The smallest absolute Gasteiger partial charge is 0.338 e. The van der Waals surface area contributed by atoms with Gasteiger partial charge in [-0.2, -0.15) is 0 Å². The molecule has 1 amide bonds. The number of hydrogen-bond donors (Lipinski definition) is 1. The van der Waals surface area contributed by atoms with Crippen molar-refractivity contribution in [2.24, 2.45) is 0 Å². The lowest BCUT2D eigenvalue weighted by atomic mass is 10.1. The molecule has 0 spiro atoms. The maximum Gasteiger partial charge on any atom is 0.338 e. The highest BCUT2D eigenvalue weighted by Crippen LogP contribution is 2.20. The average Bonchev–Trinajstić information content (AvgIpc) is 3.49. The maximum absolute atomic E-state index is 12.5. The third-order valence-electron chi connectivity index (χ3n) is 4.71. The summed E-state index contributed by atoms with van der Waals surface area (Å²) >= 11 is 1.30. The Labute approximate surface area is 195 Å². The van der Waals surface area contributed by atoms with Gasteiger partial charge in [-0.15, -0.1) is 10.2 Å². The Morgan fingerprint density at radius 1 is 0.970 bits per heavy atom. The molecule has 0 aliphatic carbocycles. The molecule has 0 aliphatic rings. The fraction of sp³-hybridized carbons (Fsp3) is 0.167. The van der Waals surface area contributed by atoms with Crippen LogP contribution in [0.4, 0.5) is 5.69 Å². The second-order valence-electron chi connectivity index (χ2n) is 7.07. The molecule has 4 rings (SSSR count). The quantitative estimate of drug-likeness (QED) is 0.300. The number of anilines is 1. The van der Waals surface area contributed by atoms with E-state index in [1.165, 1.54) is 11.8 Å². The summed E-state index contributed by atoms with van der Waals surface area (Å²) in [5, 5.41) is 12.1. The van der Waals surface area contributed by atoms with E-state index in [9.17, 15) is 9.59 Å². The Bertz CT molecular complexity index is 1200. The highest BCUT2D eigenvalue weighted by Gasteiger charge is 2.16. The van der Waals surface area contributed by atoms with Crippen molar-refractivity contribution in [1.82, 2.24) is 19.5 Å². The monoisotopic (exact) mass is 461 g/mol. The molecule has 0 bridgehead atoms. The molecule has 0 saturated carbocycles. The van der Waals surface area contributed by atoms with Crippen molar-refractivity contribution in [3.05, 3.63) is 96.1 Å². The molecule has 0 unspecified atom stereocenters. The number of carbonyl (C=O) groups is 2. The highest BCUT2D eigenvalue weighted by molar-refractivity contribution is 7.99. The predicted molar refractivity (Wildman–Crippen MR) is 126 cm³/mol. The number of carbonyl (C=O) groups excluding carboxylic acids is 2. The van der Waals surface area contributed by atoms with Gasteiger partial charge in [0.05, 0.1) is 17.9 Å². The molecule has 168 valence electrons. The zero-order valence-electron chi connectivity index (χ0n) is 18.0. The molecule has 0 atom stereocenters. The number of aromatic nitrogens is 4. The molecule has 33 heavy (non-hydrogen) atoms. The third kappa shape index (κ3) is 5.69. The number of nitrogens with zero attached hydrogens (tertiary/aromatic N) is 4. The summed E-state index contributed by atoms with van der Waals surface area (Å²) in [6, 6.07) is 20.5. The fourth-order valence-corrected chi connectivity index (χ4v) is 3.95. The van der Waals surface area contributed by atoms with Gasteiger partial charge in [-0.05, 0) is 48.9 Å². The molecule has 0 aliphatic heterocycles. The minimum absolute atomic E-state index is 0.157. The minimum Gasteiger partial charge on any atom is -0.462 e. The average molecular weight is 462 g/mol. The number of thioether (sulfide) groups is 1. The van der Waals surface area contributed by atoms with Gasteiger partial charge in [0.2, 0.25) is 11.1 Å². The Morgan fingerprint density at radius 3 is 2.39 bits per heavy atom. The topological polar surface area (TPSA) is 91.0 Å². The van der Waals surface area contributed by atoms with Crippen LogP contribution in [0, 0.1) is 0 Å². The van der Waals surface area contributed by atoms with E-state index in [-0.39, 0.29) is 17.6 Å². The van der Waals surface area contributed by atoms with Crippen molar-refractivity contribution in [2.45, 2.75) is 18.5 Å². The molecule has 1 N–H and O–H groups in total. The summed E-state index contributed by atoms with van der Waals surface area (Å²) in [7, 11) is 0. The SMILES string of the molecule is CCOC(=O)c1ccc(NC(=O)CSc2nnc(Cc3ccccc3)n2-n2cccc2)cc1. The number of hydrogen-bond acceptors (Lipinski definition) is 6. The van der Waals surface area contributed by atoms with E-state index in [0.717, 1.165) is 11.4 Å². The first-order valence-electron chi connectivity index (χ1n) is 10.5. The van der Waals surface area contributed by atoms with Gasteiger partial charge < -0.3 is 10.1 Å². The lowest BCUT2D eigenvalue weighted by Gasteiger charge is -2.11. The molecule has 2 aromatic carbocycles. The first-order chi connectivity index (χ1) is 16.1. The first kappa shape index (κ1) is 22.3. The van der Waals surface area contributed by atoms with Crippen LogP contribution in [0.15, 0.2) is 84.3 Å². The number of esters is 1. The number of nitrogens with one attached hydrogen (secondary N) is 1. The predicted octanol–water partition coefficient (Wildman–Crippen LogP) is 3.89.